The number of nitrogens with zero attached hydrogens (tertiary/aromatic N) is 2. The molecule has 2 aromatic carbocycles. The highest BCUT2D eigenvalue weighted by molar-refractivity contribution is 6.08. The summed E-state index contributed by atoms with van der Waals surface area (Å²) in [6.07, 6.45) is -0.156. The average Bonchev–Trinajstić information content (AvgIpc) is 2.60. The van der Waals surface area contributed by atoms with E-state index in [1.807, 2.05) is 43.3 Å². The minimum atomic E-state index is -1.05. The predicted octanol–water partition coefficient (Wildman–Crippen LogP) is 2.35. The van der Waals surface area contributed by atoms with Gasteiger partial charge in [0.2, 0.25) is 0 Å². The van der Waals surface area contributed by atoms with Crippen LogP contribution in [0.1, 0.15) is 20.7 Å². The van der Waals surface area contributed by atoms with Gasteiger partial charge in [-0.15, -0.1) is 0 Å². The zero-order chi connectivity index (χ0) is 18.0. The van der Waals surface area contributed by atoms with E-state index in [4.69, 9.17) is 9.84 Å². The van der Waals surface area contributed by atoms with E-state index in [-0.39, 0.29) is 17.6 Å². The van der Waals surface area contributed by atoms with Crippen LogP contribution in [-0.2, 0) is 0 Å². The molecule has 25 heavy (non-hydrogen) atoms. The van der Waals surface area contributed by atoms with Crippen molar-refractivity contribution in [1.82, 2.24) is 4.90 Å². The molecule has 0 saturated heterocycles. The highest BCUT2D eigenvalue weighted by atomic mass is 16.5. The number of rotatable bonds is 4. The van der Waals surface area contributed by atoms with Gasteiger partial charge in [-0.3, -0.25) is 4.79 Å². The summed E-state index contributed by atoms with van der Waals surface area (Å²) in [4.78, 5) is 27.9. The molecule has 1 aliphatic heterocycles. The van der Waals surface area contributed by atoms with Crippen LogP contribution in [0.25, 0.3) is 0 Å². The first-order valence-electron chi connectivity index (χ1n) is 8.01. The second kappa shape index (κ2) is 6.94. The molecular formula is C19H20N2O4. The lowest BCUT2D eigenvalue weighted by atomic mass is 10.1. The highest BCUT2D eigenvalue weighted by Gasteiger charge is 2.30. The van der Waals surface area contributed by atoms with Crippen molar-refractivity contribution in [2.24, 2.45) is 0 Å². The molecule has 0 aromatic heterocycles. The molecule has 1 heterocycles. The first-order chi connectivity index (χ1) is 12.0. The van der Waals surface area contributed by atoms with Crippen molar-refractivity contribution < 1.29 is 19.4 Å². The van der Waals surface area contributed by atoms with E-state index in [1.54, 1.807) is 17.0 Å². The fourth-order valence-electron chi connectivity index (χ4n) is 2.93. The molecule has 1 N–H and O–H groups in total. The maximum Gasteiger partial charge on any atom is 0.335 e. The third-order valence-electron chi connectivity index (χ3n) is 4.01. The third kappa shape index (κ3) is 3.64. The van der Waals surface area contributed by atoms with Gasteiger partial charge in [0.15, 0.2) is 0 Å². The number of likely N-dealkylation sites (N-methyl/N-ethyl adjacent to an activating group) is 1. The molecular weight excluding hydrogens is 320 g/mol. The Morgan fingerprint density at radius 1 is 1.16 bits per heavy atom. The number of hydrogen-bond acceptors (Lipinski definition) is 4. The molecule has 6 heteroatoms. The topological polar surface area (TPSA) is 70.1 Å². The molecule has 130 valence electrons. The molecule has 0 aliphatic carbocycles. The van der Waals surface area contributed by atoms with Crippen LogP contribution in [0.2, 0.25) is 0 Å². The Morgan fingerprint density at radius 2 is 1.88 bits per heavy atom. The van der Waals surface area contributed by atoms with Crippen molar-refractivity contribution in [3.63, 3.8) is 0 Å². The van der Waals surface area contributed by atoms with Gasteiger partial charge in [-0.25, -0.2) is 4.79 Å². The largest absolute Gasteiger partial charge is 0.485 e. The summed E-state index contributed by atoms with van der Waals surface area (Å²) in [6, 6.07) is 13.5. The molecule has 6 nitrogen and oxygen atoms in total. The summed E-state index contributed by atoms with van der Waals surface area (Å²) in [7, 11) is 3.90. The predicted molar refractivity (Wildman–Crippen MR) is 94.5 cm³/mol. The van der Waals surface area contributed by atoms with Gasteiger partial charge < -0.3 is 19.6 Å². The molecule has 1 aliphatic rings. The van der Waals surface area contributed by atoms with Gasteiger partial charge in [-0.05, 0) is 44.4 Å². The molecule has 2 aromatic rings. The fraction of sp³-hybridized carbons (Fsp3) is 0.263. The van der Waals surface area contributed by atoms with Gasteiger partial charge in [0.05, 0.1) is 17.8 Å². The lowest BCUT2D eigenvalue weighted by Gasteiger charge is -2.36. The molecule has 1 unspecified atom stereocenters. The zero-order valence-electron chi connectivity index (χ0n) is 14.2. The van der Waals surface area contributed by atoms with Crippen LogP contribution in [0.15, 0.2) is 48.5 Å². The van der Waals surface area contributed by atoms with E-state index >= 15 is 0 Å². The number of hydrogen-bond donors (Lipinski definition) is 1. The van der Waals surface area contributed by atoms with E-state index in [1.165, 1.54) is 12.1 Å². The molecule has 0 bridgehead atoms. The molecule has 3 rings (SSSR count). The SMILES string of the molecule is CN(C)CC1CN(C(=O)c2cccc(C(=O)O)c2)c2ccccc2O1. The molecule has 0 saturated carbocycles. The lowest BCUT2D eigenvalue weighted by molar-refractivity contribution is 0.0697. The maximum absolute atomic E-state index is 13.0. The average molecular weight is 340 g/mol. The lowest BCUT2D eigenvalue weighted by Crippen LogP contribution is -2.47. The molecule has 0 radical (unpaired) electrons. The smallest absolute Gasteiger partial charge is 0.335 e. The Bertz CT molecular complexity index is 804. The van der Waals surface area contributed by atoms with Gasteiger partial charge in [0.25, 0.3) is 5.91 Å². The maximum atomic E-state index is 13.0. The van der Waals surface area contributed by atoms with Gasteiger partial charge in [-0.2, -0.15) is 0 Å². The second-order valence-corrected chi connectivity index (χ2v) is 6.27. The summed E-state index contributed by atoms with van der Waals surface area (Å²) < 4.78 is 5.99. The van der Waals surface area contributed by atoms with Crippen molar-refractivity contribution in [2.75, 3.05) is 32.1 Å². The summed E-state index contributed by atoms with van der Waals surface area (Å²) in [6.45, 7) is 1.08. The number of carboxylic acid groups (broad SMARTS) is 1. The Labute approximate surface area is 146 Å². The quantitative estimate of drug-likeness (QED) is 0.925. The highest BCUT2D eigenvalue weighted by Crippen LogP contribution is 2.34. The van der Waals surface area contributed by atoms with E-state index in [0.717, 1.165) is 0 Å². The van der Waals surface area contributed by atoms with Gasteiger partial charge in [-0.1, -0.05) is 18.2 Å². The minimum absolute atomic E-state index is 0.0947. The first-order valence-corrected chi connectivity index (χ1v) is 8.01. The minimum Gasteiger partial charge on any atom is -0.485 e. The van der Waals surface area contributed by atoms with Crippen molar-refractivity contribution in [3.8, 4) is 5.75 Å². The molecule has 0 fully saturated rings. The number of carboxylic acids is 1. The number of benzene rings is 2. The summed E-state index contributed by atoms with van der Waals surface area (Å²) in [5.41, 5.74) is 1.14. The number of carbonyl (C=O) groups is 2. The van der Waals surface area contributed by atoms with E-state index in [0.29, 0.717) is 30.1 Å². The van der Waals surface area contributed by atoms with Gasteiger partial charge >= 0.3 is 5.97 Å². The summed E-state index contributed by atoms with van der Waals surface area (Å²) in [5.74, 6) is -0.631. The number of ether oxygens (including phenoxy) is 1. The molecule has 0 spiro atoms. The Morgan fingerprint density at radius 3 is 2.60 bits per heavy atom. The number of aromatic carboxylic acids is 1. The standard InChI is InChI=1S/C19H20N2O4/c1-20(2)11-15-12-21(16-8-3-4-9-17(16)25-15)18(22)13-6-5-7-14(10-13)19(23)24/h3-10,15H,11-12H2,1-2H3,(H,23,24). The summed E-state index contributed by atoms with van der Waals surface area (Å²) >= 11 is 0. The number of anilines is 1. The van der Waals surface area contributed by atoms with Crippen LogP contribution in [0.3, 0.4) is 0 Å². The van der Waals surface area contributed by atoms with Crippen LogP contribution in [0, 0.1) is 0 Å². The monoisotopic (exact) mass is 340 g/mol. The van der Waals surface area contributed by atoms with E-state index < -0.39 is 5.97 Å². The van der Waals surface area contributed by atoms with Gasteiger partial charge in [0.1, 0.15) is 11.9 Å². The summed E-state index contributed by atoms with van der Waals surface area (Å²) in [5, 5.41) is 9.15. The van der Waals surface area contributed by atoms with Crippen molar-refractivity contribution in [2.45, 2.75) is 6.10 Å². The Hall–Kier alpha value is -2.86. The molecule has 1 atom stereocenters. The Balaban J connectivity index is 1.95. The number of para-hydroxylation sites is 2. The number of fused-ring (bicyclic) bond motifs is 1. The number of amides is 1. The number of carbonyl (C=O) groups excluding carboxylic acids is 1. The van der Waals surface area contributed by atoms with Crippen LogP contribution in [0.5, 0.6) is 5.75 Å². The fourth-order valence-corrected chi connectivity index (χ4v) is 2.93. The van der Waals surface area contributed by atoms with Crippen LogP contribution < -0.4 is 9.64 Å². The Kier molecular flexibility index (Phi) is 4.72. The van der Waals surface area contributed by atoms with E-state index in [2.05, 4.69) is 0 Å². The normalized spacial score (nSPS) is 16.3. The van der Waals surface area contributed by atoms with Crippen LogP contribution in [-0.4, -0.2) is 55.2 Å². The third-order valence-corrected chi connectivity index (χ3v) is 4.01. The van der Waals surface area contributed by atoms with Crippen molar-refractivity contribution in [3.05, 3.63) is 59.7 Å². The van der Waals surface area contributed by atoms with Crippen LogP contribution >= 0.6 is 0 Å². The molecule has 1 amide bonds. The zero-order valence-corrected chi connectivity index (χ0v) is 14.2. The first kappa shape index (κ1) is 17.0. The van der Waals surface area contributed by atoms with Crippen LogP contribution in [0.4, 0.5) is 5.69 Å². The van der Waals surface area contributed by atoms with Crippen molar-refractivity contribution in [1.29, 1.82) is 0 Å². The van der Waals surface area contributed by atoms with E-state index in [9.17, 15) is 9.59 Å². The second-order valence-electron chi connectivity index (χ2n) is 6.27. The van der Waals surface area contributed by atoms with Gasteiger partial charge in [0, 0.05) is 12.1 Å². The van der Waals surface area contributed by atoms with Crippen molar-refractivity contribution >= 4 is 17.6 Å².